The van der Waals surface area contributed by atoms with Crippen molar-refractivity contribution in [2.24, 2.45) is 0 Å². The highest BCUT2D eigenvalue weighted by Gasteiger charge is 2.25. The summed E-state index contributed by atoms with van der Waals surface area (Å²) in [5.41, 5.74) is 3.70. The Balaban J connectivity index is 1.91. The van der Waals surface area contributed by atoms with Crippen molar-refractivity contribution in [3.8, 4) is 6.07 Å². The molecule has 0 amide bonds. The highest BCUT2D eigenvalue weighted by Crippen LogP contribution is 2.30. The summed E-state index contributed by atoms with van der Waals surface area (Å²) in [4.78, 5) is 20.8. The molecule has 0 radical (unpaired) electrons. The molecule has 1 saturated heterocycles. The largest absolute Gasteiger partial charge is 0.367 e. The summed E-state index contributed by atoms with van der Waals surface area (Å²) in [5, 5.41) is 12.8. The molecule has 6 nitrogen and oxygen atoms in total. The van der Waals surface area contributed by atoms with Crippen molar-refractivity contribution in [3.05, 3.63) is 75.6 Å². The summed E-state index contributed by atoms with van der Waals surface area (Å²) < 4.78 is 1.72. The van der Waals surface area contributed by atoms with Gasteiger partial charge >= 0.3 is 0 Å². The van der Waals surface area contributed by atoms with Crippen molar-refractivity contribution >= 4 is 16.6 Å². The Bertz CT molecular complexity index is 1120. The van der Waals surface area contributed by atoms with Gasteiger partial charge in [-0.05, 0) is 24.6 Å². The molecule has 0 atom stereocenters. The summed E-state index contributed by atoms with van der Waals surface area (Å²) in [7, 11) is 1.67. The Morgan fingerprint density at radius 2 is 1.79 bits per heavy atom. The van der Waals surface area contributed by atoms with Crippen molar-refractivity contribution in [3.63, 3.8) is 0 Å². The third kappa shape index (κ3) is 3.63. The average molecular weight is 388 g/mol. The second-order valence-corrected chi connectivity index (χ2v) is 7.33. The van der Waals surface area contributed by atoms with Crippen LogP contribution in [0.3, 0.4) is 0 Å². The molecule has 29 heavy (non-hydrogen) atoms. The van der Waals surface area contributed by atoms with Crippen LogP contribution in [0.15, 0.2) is 53.3 Å². The number of anilines is 1. The fraction of sp³-hybridized carbons (Fsp3) is 0.304. The van der Waals surface area contributed by atoms with Gasteiger partial charge in [0.05, 0.1) is 24.9 Å². The Labute approximate surface area is 170 Å². The van der Waals surface area contributed by atoms with E-state index in [-0.39, 0.29) is 11.1 Å². The smallest absolute Gasteiger partial charge is 0.271 e. The highest BCUT2D eigenvalue weighted by molar-refractivity contribution is 5.95. The number of hydrogen-bond donors (Lipinski definition) is 0. The molecule has 1 aliphatic rings. The van der Waals surface area contributed by atoms with Crippen LogP contribution in [0.25, 0.3) is 10.9 Å². The fourth-order valence-corrected chi connectivity index (χ4v) is 4.00. The number of nitriles is 1. The van der Waals surface area contributed by atoms with Crippen LogP contribution in [0.5, 0.6) is 0 Å². The Morgan fingerprint density at radius 3 is 2.45 bits per heavy atom. The topological polar surface area (TPSA) is 61.5 Å². The molecular weight excluding hydrogens is 364 g/mol. The van der Waals surface area contributed by atoms with Gasteiger partial charge in [0.2, 0.25) is 0 Å². The summed E-state index contributed by atoms with van der Waals surface area (Å²) in [5.74, 6) is 0. The first-order valence-corrected chi connectivity index (χ1v) is 9.77. The zero-order valence-electron chi connectivity index (χ0n) is 16.8. The van der Waals surface area contributed by atoms with Crippen molar-refractivity contribution < 1.29 is 4.84 Å². The standard InChI is InChI=1S/C23H24N4O2/c1-17-8-9-21-19(14-17)22(25-10-12-26(29-2)13-11-25)20(15-24)23(28)27(21)16-18-6-4-3-5-7-18/h3-9,14H,10-13,16H2,1-2H3. The van der Waals surface area contributed by atoms with E-state index < -0.39 is 0 Å². The number of nitrogens with zero attached hydrogens (tertiary/aromatic N) is 4. The molecule has 2 heterocycles. The van der Waals surface area contributed by atoms with Gasteiger partial charge in [0.1, 0.15) is 11.6 Å². The molecule has 1 aliphatic heterocycles. The van der Waals surface area contributed by atoms with Gasteiger partial charge in [-0.1, -0.05) is 42.0 Å². The minimum atomic E-state index is -0.239. The van der Waals surface area contributed by atoms with Gasteiger partial charge in [-0.15, -0.1) is 0 Å². The number of aromatic nitrogens is 1. The first-order chi connectivity index (χ1) is 14.1. The van der Waals surface area contributed by atoms with Crippen LogP contribution in [0, 0.1) is 18.3 Å². The van der Waals surface area contributed by atoms with Crippen LogP contribution in [-0.4, -0.2) is 42.9 Å². The maximum absolute atomic E-state index is 13.4. The maximum Gasteiger partial charge on any atom is 0.271 e. The number of pyridine rings is 1. The molecule has 0 spiro atoms. The zero-order valence-corrected chi connectivity index (χ0v) is 16.8. The van der Waals surface area contributed by atoms with E-state index in [9.17, 15) is 10.1 Å². The zero-order chi connectivity index (χ0) is 20.4. The third-order valence-electron chi connectivity index (χ3n) is 5.50. The Kier molecular flexibility index (Phi) is 5.34. The lowest BCUT2D eigenvalue weighted by atomic mass is 10.0. The number of hydroxylamine groups is 2. The molecule has 0 bridgehead atoms. The normalized spacial score (nSPS) is 14.9. The molecule has 1 fully saturated rings. The minimum absolute atomic E-state index is 0.213. The van der Waals surface area contributed by atoms with Gasteiger partial charge in [-0.25, -0.2) is 0 Å². The molecule has 0 saturated carbocycles. The van der Waals surface area contributed by atoms with Gasteiger partial charge < -0.3 is 14.3 Å². The summed E-state index contributed by atoms with van der Waals surface area (Å²) >= 11 is 0. The molecule has 4 rings (SSSR count). The van der Waals surface area contributed by atoms with Crippen LogP contribution >= 0.6 is 0 Å². The molecule has 2 aromatic carbocycles. The first-order valence-electron chi connectivity index (χ1n) is 9.77. The minimum Gasteiger partial charge on any atom is -0.367 e. The van der Waals surface area contributed by atoms with E-state index in [4.69, 9.17) is 4.84 Å². The molecule has 0 N–H and O–H groups in total. The maximum atomic E-state index is 13.4. The fourth-order valence-electron chi connectivity index (χ4n) is 4.00. The van der Waals surface area contributed by atoms with Gasteiger partial charge in [0.25, 0.3) is 5.56 Å². The van der Waals surface area contributed by atoms with Crippen molar-refractivity contribution in [1.82, 2.24) is 9.63 Å². The molecule has 3 aromatic rings. The number of rotatable bonds is 4. The van der Waals surface area contributed by atoms with E-state index in [0.29, 0.717) is 19.6 Å². The second kappa shape index (κ2) is 8.08. The average Bonchev–Trinajstić information content (AvgIpc) is 2.76. The van der Waals surface area contributed by atoms with Gasteiger partial charge in [-0.2, -0.15) is 10.3 Å². The van der Waals surface area contributed by atoms with Crippen molar-refractivity contribution in [2.75, 3.05) is 38.2 Å². The number of hydrogen-bond acceptors (Lipinski definition) is 5. The quantitative estimate of drug-likeness (QED) is 0.688. The summed E-state index contributed by atoms with van der Waals surface area (Å²) in [6.45, 7) is 5.32. The highest BCUT2D eigenvalue weighted by atomic mass is 16.7. The van der Waals surface area contributed by atoms with Crippen LogP contribution in [-0.2, 0) is 11.4 Å². The number of piperazine rings is 1. The van der Waals surface area contributed by atoms with Gasteiger partial charge in [0.15, 0.2) is 0 Å². The molecular formula is C23H24N4O2. The van der Waals surface area contributed by atoms with E-state index in [2.05, 4.69) is 17.0 Å². The van der Waals surface area contributed by atoms with E-state index in [0.717, 1.165) is 40.8 Å². The molecule has 0 aliphatic carbocycles. The van der Waals surface area contributed by atoms with Crippen LogP contribution < -0.4 is 10.5 Å². The lowest BCUT2D eigenvalue weighted by Gasteiger charge is -2.35. The second-order valence-electron chi connectivity index (χ2n) is 7.33. The monoisotopic (exact) mass is 388 g/mol. The van der Waals surface area contributed by atoms with E-state index in [1.54, 1.807) is 11.7 Å². The first kappa shape index (κ1) is 19.2. The SMILES string of the molecule is CON1CCN(c2c(C#N)c(=O)n(Cc3ccccc3)c3ccc(C)cc23)CC1. The summed E-state index contributed by atoms with van der Waals surface area (Å²) in [6.07, 6.45) is 0. The summed E-state index contributed by atoms with van der Waals surface area (Å²) in [6, 6.07) is 18.2. The number of fused-ring (bicyclic) bond motifs is 1. The predicted molar refractivity (Wildman–Crippen MR) is 114 cm³/mol. The van der Waals surface area contributed by atoms with Crippen LogP contribution in [0.1, 0.15) is 16.7 Å². The van der Waals surface area contributed by atoms with Crippen molar-refractivity contribution in [2.45, 2.75) is 13.5 Å². The molecule has 1 aromatic heterocycles. The van der Waals surface area contributed by atoms with Gasteiger partial charge in [0, 0.05) is 31.6 Å². The van der Waals surface area contributed by atoms with E-state index in [1.165, 1.54) is 0 Å². The predicted octanol–water partition coefficient (Wildman–Crippen LogP) is 2.91. The van der Waals surface area contributed by atoms with Crippen LogP contribution in [0.4, 0.5) is 5.69 Å². The Morgan fingerprint density at radius 1 is 1.07 bits per heavy atom. The third-order valence-corrected chi connectivity index (χ3v) is 5.50. The number of benzene rings is 2. The van der Waals surface area contributed by atoms with E-state index in [1.807, 2.05) is 54.5 Å². The lowest BCUT2D eigenvalue weighted by Crippen LogP contribution is -2.46. The van der Waals surface area contributed by atoms with Crippen LogP contribution in [0.2, 0.25) is 0 Å². The van der Waals surface area contributed by atoms with E-state index >= 15 is 0 Å². The Hall–Kier alpha value is -3.14. The lowest BCUT2D eigenvalue weighted by molar-refractivity contribution is -0.133. The molecule has 6 heteroatoms. The molecule has 148 valence electrons. The molecule has 0 unspecified atom stereocenters. The van der Waals surface area contributed by atoms with Crippen molar-refractivity contribution in [1.29, 1.82) is 5.26 Å². The van der Waals surface area contributed by atoms with Gasteiger partial charge in [-0.3, -0.25) is 4.79 Å². The number of aryl methyl sites for hydroxylation is 1.